The summed E-state index contributed by atoms with van der Waals surface area (Å²) in [5.74, 6) is -0.306. The molecule has 0 aliphatic heterocycles. The number of carboxylic acids is 1. The van der Waals surface area contributed by atoms with Crippen molar-refractivity contribution in [1.29, 1.82) is 0 Å². The average molecular weight is 515 g/mol. The second kappa shape index (κ2) is 9.52. The van der Waals surface area contributed by atoms with E-state index in [0.29, 0.717) is 18.3 Å². The molecule has 4 aliphatic rings. The van der Waals surface area contributed by atoms with Gasteiger partial charge in [0.2, 0.25) is 0 Å². The normalized spacial score (nSPS) is 40.2. The number of hydrogen-bond donors (Lipinski definition) is 1. The van der Waals surface area contributed by atoms with Crippen molar-refractivity contribution in [3.8, 4) is 0 Å². The Bertz CT molecular complexity index is 993. The van der Waals surface area contributed by atoms with Crippen molar-refractivity contribution in [3.05, 3.63) is 11.1 Å². The first-order valence-electron chi connectivity index (χ1n) is 14.7. The number of allylic oxidation sites excluding steroid dienone is 2. The lowest BCUT2D eigenvalue weighted by Crippen LogP contribution is -2.55. The third-order valence-corrected chi connectivity index (χ3v) is 12.3. The second-order valence-corrected chi connectivity index (χ2v) is 14.5. The van der Waals surface area contributed by atoms with Crippen LogP contribution in [0.2, 0.25) is 0 Å². The van der Waals surface area contributed by atoms with Gasteiger partial charge in [0.1, 0.15) is 11.9 Å². The maximum atomic E-state index is 12.7. The number of carbonyl (C=O) groups is 3. The van der Waals surface area contributed by atoms with Gasteiger partial charge in [0, 0.05) is 25.2 Å². The summed E-state index contributed by atoms with van der Waals surface area (Å²) in [6, 6.07) is 0. The summed E-state index contributed by atoms with van der Waals surface area (Å²) in [7, 11) is 0. The molecule has 37 heavy (non-hydrogen) atoms. The van der Waals surface area contributed by atoms with Gasteiger partial charge < -0.3 is 9.84 Å². The molecule has 0 radical (unpaired) electrons. The highest BCUT2D eigenvalue weighted by molar-refractivity contribution is 5.83. The Morgan fingerprint density at radius 2 is 1.59 bits per heavy atom. The average Bonchev–Trinajstić information content (AvgIpc) is 3.07. The van der Waals surface area contributed by atoms with Gasteiger partial charge >= 0.3 is 11.9 Å². The summed E-state index contributed by atoms with van der Waals surface area (Å²) in [4.78, 5) is 35.8. The lowest BCUT2D eigenvalue weighted by molar-refractivity contribution is -0.167. The van der Waals surface area contributed by atoms with Crippen molar-refractivity contribution in [3.63, 3.8) is 0 Å². The highest BCUT2D eigenvalue weighted by atomic mass is 16.5. The number of rotatable bonds is 7. The second-order valence-electron chi connectivity index (χ2n) is 14.5. The van der Waals surface area contributed by atoms with Gasteiger partial charge in [0.05, 0.1) is 5.92 Å². The predicted octanol–water partition coefficient (Wildman–Crippen LogP) is 7.37. The van der Waals surface area contributed by atoms with Gasteiger partial charge in [0.15, 0.2) is 0 Å². The van der Waals surface area contributed by atoms with Crippen LogP contribution in [0, 0.1) is 45.3 Å². The van der Waals surface area contributed by atoms with Gasteiger partial charge in [-0.2, -0.15) is 0 Å². The summed E-state index contributed by atoms with van der Waals surface area (Å²) < 4.78 is 5.84. The molecule has 4 aliphatic carbocycles. The minimum Gasteiger partial charge on any atom is -0.481 e. The minimum atomic E-state index is -0.887. The number of esters is 1. The van der Waals surface area contributed by atoms with E-state index in [-0.39, 0.29) is 51.9 Å². The SMILES string of the molecule is CC(=O)OC1CC[C@]2(C)C3=C(CCC2C1(C)C)[C@]1(C)CC[C@H]([C@H](C)CC(=O)CC(C)C(=O)O)[C@@]1(C)CC3. The zero-order valence-electron chi connectivity index (χ0n) is 24.5. The van der Waals surface area contributed by atoms with E-state index in [2.05, 4.69) is 41.5 Å². The third kappa shape index (κ3) is 4.40. The fraction of sp³-hybridized carbons (Fsp3) is 0.844. The Balaban J connectivity index is 1.58. The van der Waals surface area contributed by atoms with Crippen molar-refractivity contribution < 1.29 is 24.2 Å². The van der Waals surface area contributed by atoms with Crippen LogP contribution in [0.5, 0.6) is 0 Å². The quantitative estimate of drug-likeness (QED) is 0.283. The van der Waals surface area contributed by atoms with Gasteiger partial charge in [-0.3, -0.25) is 14.4 Å². The van der Waals surface area contributed by atoms with Crippen LogP contribution in [0.4, 0.5) is 0 Å². The molecule has 2 fully saturated rings. The molecule has 5 nitrogen and oxygen atoms in total. The van der Waals surface area contributed by atoms with E-state index in [1.54, 1.807) is 18.1 Å². The Morgan fingerprint density at radius 1 is 0.919 bits per heavy atom. The standard InChI is InChI=1S/C32H50O5/c1-19(17-22(34)18-20(2)28(35)36)23-11-15-32(8)25-9-10-26-29(4,5)27(37-21(3)33)13-14-30(26,6)24(25)12-16-31(23,32)7/h19-20,23,26-27H,9-18H2,1-8H3,(H,35,36)/t19-,20?,23-,26?,27?,30-,31-,32+/m1/s1. The molecule has 0 amide bonds. The van der Waals surface area contributed by atoms with Crippen LogP contribution >= 0.6 is 0 Å². The number of aliphatic carboxylic acids is 1. The maximum absolute atomic E-state index is 12.7. The summed E-state index contributed by atoms with van der Waals surface area (Å²) in [6.45, 7) is 17.5. The lowest BCUT2D eigenvalue weighted by atomic mass is 9.43. The summed E-state index contributed by atoms with van der Waals surface area (Å²) in [6.07, 6.45) is 9.54. The monoisotopic (exact) mass is 514 g/mol. The number of ether oxygens (including phenoxy) is 1. The van der Waals surface area contributed by atoms with Gasteiger partial charge in [-0.25, -0.2) is 0 Å². The molecule has 0 spiro atoms. The topological polar surface area (TPSA) is 80.7 Å². The molecule has 0 saturated heterocycles. The van der Waals surface area contributed by atoms with E-state index in [1.165, 1.54) is 13.3 Å². The molecule has 0 aromatic heterocycles. The number of carbonyl (C=O) groups excluding carboxylic acids is 2. The number of Topliss-reactive ketones (excluding diaryl/α,β-unsaturated/α-hetero) is 1. The van der Waals surface area contributed by atoms with E-state index >= 15 is 0 Å². The third-order valence-electron chi connectivity index (χ3n) is 12.3. The van der Waals surface area contributed by atoms with Crippen LogP contribution in [0.1, 0.15) is 120 Å². The van der Waals surface area contributed by atoms with E-state index in [1.807, 2.05) is 0 Å². The van der Waals surface area contributed by atoms with Crippen molar-refractivity contribution in [1.82, 2.24) is 0 Å². The van der Waals surface area contributed by atoms with Gasteiger partial charge in [-0.15, -0.1) is 0 Å². The van der Waals surface area contributed by atoms with Gasteiger partial charge in [-0.1, -0.05) is 59.6 Å². The van der Waals surface area contributed by atoms with Crippen LogP contribution in [0.25, 0.3) is 0 Å². The summed E-state index contributed by atoms with van der Waals surface area (Å²) in [5, 5.41) is 9.23. The van der Waals surface area contributed by atoms with Crippen molar-refractivity contribution in [2.75, 3.05) is 0 Å². The van der Waals surface area contributed by atoms with Crippen LogP contribution in [0.15, 0.2) is 11.1 Å². The molecule has 3 unspecified atom stereocenters. The van der Waals surface area contributed by atoms with Crippen molar-refractivity contribution >= 4 is 17.7 Å². The number of hydrogen-bond acceptors (Lipinski definition) is 4. The molecule has 5 heteroatoms. The van der Waals surface area contributed by atoms with Crippen molar-refractivity contribution in [2.24, 2.45) is 45.3 Å². The molecule has 0 heterocycles. The van der Waals surface area contributed by atoms with Gasteiger partial charge in [0.25, 0.3) is 0 Å². The Labute approximate surface area is 224 Å². The zero-order chi connectivity index (χ0) is 27.6. The summed E-state index contributed by atoms with van der Waals surface area (Å²) in [5.41, 5.74) is 3.85. The molecular formula is C32H50O5. The Kier molecular flexibility index (Phi) is 7.30. The first-order chi connectivity index (χ1) is 17.1. The van der Waals surface area contributed by atoms with Crippen molar-refractivity contribution in [2.45, 2.75) is 126 Å². The largest absolute Gasteiger partial charge is 0.481 e. The number of carboxylic acid groups (broad SMARTS) is 1. The van der Waals surface area contributed by atoms with E-state index in [9.17, 15) is 19.5 Å². The fourth-order valence-electron chi connectivity index (χ4n) is 10.0. The first kappa shape index (κ1) is 28.4. The van der Waals surface area contributed by atoms with Crippen LogP contribution in [-0.2, 0) is 19.1 Å². The molecule has 0 aromatic carbocycles. The van der Waals surface area contributed by atoms with Crippen LogP contribution in [0.3, 0.4) is 0 Å². The summed E-state index contributed by atoms with van der Waals surface area (Å²) >= 11 is 0. The Hall–Kier alpha value is -1.65. The number of fused-ring (bicyclic) bond motifs is 4. The molecule has 208 valence electrons. The van der Waals surface area contributed by atoms with E-state index in [0.717, 1.165) is 44.9 Å². The molecule has 1 N–H and O–H groups in total. The minimum absolute atomic E-state index is 0.00670. The fourth-order valence-corrected chi connectivity index (χ4v) is 10.0. The zero-order valence-corrected chi connectivity index (χ0v) is 24.5. The first-order valence-corrected chi connectivity index (χ1v) is 14.7. The highest BCUT2D eigenvalue weighted by Gasteiger charge is 2.63. The van der Waals surface area contributed by atoms with Crippen LogP contribution in [-0.4, -0.2) is 28.9 Å². The molecule has 0 bridgehead atoms. The molecular weight excluding hydrogens is 464 g/mol. The molecule has 4 rings (SSSR count). The predicted molar refractivity (Wildman–Crippen MR) is 145 cm³/mol. The van der Waals surface area contributed by atoms with E-state index in [4.69, 9.17) is 4.74 Å². The highest BCUT2D eigenvalue weighted by Crippen LogP contribution is 2.72. The lowest BCUT2D eigenvalue weighted by Gasteiger charge is -2.62. The molecule has 0 aromatic rings. The molecule has 8 atom stereocenters. The maximum Gasteiger partial charge on any atom is 0.306 e. The van der Waals surface area contributed by atoms with E-state index < -0.39 is 11.9 Å². The van der Waals surface area contributed by atoms with Gasteiger partial charge in [-0.05, 0) is 85.4 Å². The molecule has 2 saturated carbocycles. The smallest absolute Gasteiger partial charge is 0.306 e. The Morgan fingerprint density at radius 3 is 2.22 bits per heavy atom. The number of ketones is 1. The van der Waals surface area contributed by atoms with Crippen LogP contribution < -0.4 is 0 Å².